The average molecular weight is 465 g/mol. The van der Waals surface area contributed by atoms with Crippen molar-refractivity contribution in [3.8, 4) is 0 Å². The smallest absolute Gasteiger partial charge is 0.261 e. The number of morpholine rings is 1. The number of rotatable bonds is 6. The molecule has 0 radical (unpaired) electrons. The summed E-state index contributed by atoms with van der Waals surface area (Å²) in [7, 11) is 0. The molecule has 2 fully saturated rings. The van der Waals surface area contributed by atoms with Crippen LogP contribution in [0.15, 0.2) is 41.2 Å². The first-order valence-electron chi connectivity index (χ1n) is 12.8. The van der Waals surface area contributed by atoms with Gasteiger partial charge < -0.3 is 15.0 Å². The second-order valence-corrected chi connectivity index (χ2v) is 10.0. The molecule has 182 valence electrons. The van der Waals surface area contributed by atoms with Crippen molar-refractivity contribution in [3.63, 3.8) is 0 Å². The summed E-state index contributed by atoms with van der Waals surface area (Å²) < 4.78 is 5.55. The molecule has 0 spiro atoms. The molecule has 1 aromatic carbocycles. The molecule has 0 bridgehead atoms. The molecule has 0 atom stereocenters. The van der Waals surface area contributed by atoms with Crippen molar-refractivity contribution in [3.05, 3.63) is 69.1 Å². The third-order valence-electron chi connectivity index (χ3n) is 7.86. The Bertz CT molecular complexity index is 1050. The van der Waals surface area contributed by atoms with Gasteiger partial charge in [-0.2, -0.15) is 0 Å². The highest BCUT2D eigenvalue weighted by molar-refractivity contribution is 5.93. The summed E-state index contributed by atoms with van der Waals surface area (Å²) in [6.07, 6.45) is 6.81. The maximum absolute atomic E-state index is 13.0. The molecule has 1 saturated heterocycles. The number of nitrogens with zero attached hydrogens (tertiary/aromatic N) is 2. The lowest BCUT2D eigenvalue weighted by atomic mass is 9.79. The van der Waals surface area contributed by atoms with E-state index in [-0.39, 0.29) is 22.6 Å². The Kier molecular flexibility index (Phi) is 7.13. The summed E-state index contributed by atoms with van der Waals surface area (Å²) in [6.45, 7) is 6.41. The number of fused-ring (bicyclic) bond motifs is 1. The number of carbonyl (C=O) groups excluding carboxylic acids is 1. The number of aromatic nitrogens is 1. The Balaban J connectivity index is 1.22. The van der Waals surface area contributed by atoms with Crippen LogP contribution in [-0.2, 0) is 24.2 Å². The molecule has 1 aromatic heterocycles. The minimum atomic E-state index is -0.309. The van der Waals surface area contributed by atoms with Gasteiger partial charge in [-0.15, -0.1) is 0 Å². The SMILES string of the molecule is O=C(NCC1(N2CCOCC2)CCCCC1)c1ccc(CN2CCc3ccccc3C2)[nH]c1=O. The van der Waals surface area contributed by atoms with Gasteiger partial charge >= 0.3 is 0 Å². The van der Waals surface area contributed by atoms with E-state index in [0.29, 0.717) is 13.1 Å². The predicted molar refractivity (Wildman–Crippen MR) is 132 cm³/mol. The minimum absolute atomic E-state index is 0.0189. The zero-order valence-electron chi connectivity index (χ0n) is 20.0. The number of pyridine rings is 1. The number of benzene rings is 1. The van der Waals surface area contributed by atoms with Crippen molar-refractivity contribution in [2.45, 2.75) is 57.2 Å². The monoisotopic (exact) mass is 464 g/mol. The van der Waals surface area contributed by atoms with Crippen LogP contribution >= 0.6 is 0 Å². The third-order valence-corrected chi connectivity index (χ3v) is 7.86. The number of hydrogen-bond acceptors (Lipinski definition) is 5. The number of nitrogens with one attached hydrogen (secondary N) is 2. The van der Waals surface area contributed by atoms with Crippen LogP contribution in [0, 0.1) is 0 Å². The second kappa shape index (κ2) is 10.4. The zero-order chi connectivity index (χ0) is 23.4. The lowest BCUT2D eigenvalue weighted by Crippen LogP contribution is -2.59. The first-order chi connectivity index (χ1) is 16.6. The average Bonchev–Trinajstić information content (AvgIpc) is 2.88. The summed E-state index contributed by atoms with van der Waals surface area (Å²) in [5, 5.41) is 3.11. The number of H-pyrrole nitrogens is 1. The molecule has 7 nitrogen and oxygen atoms in total. The maximum Gasteiger partial charge on any atom is 0.261 e. The van der Waals surface area contributed by atoms with E-state index in [9.17, 15) is 9.59 Å². The van der Waals surface area contributed by atoms with Gasteiger partial charge in [0.15, 0.2) is 0 Å². The molecule has 2 aliphatic heterocycles. The normalized spacial score (nSPS) is 21.1. The maximum atomic E-state index is 13.0. The van der Waals surface area contributed by atoms with Crippen molar-refractivity contribution < 1.29 is 9.53 Å². The Morgan fingerprint density at radius 2 is 1.76 bits per heavy atom. The fraction of sp³-hybridized carbons (Fsp3) is 0.556. The molecule has 3 heterocycles. The minimum Gasteiger partial charge on any atom is -0.379 e. The molecule has 1 amide bonds. The number of hydrogen-bond donors (Lipinski definition) is 2. The molecule has 2 N–H and O–H groups in total. The first-order valence-corrected chi connectivity index (χ1v) is 12.8. The van der Waals surface area contributed by atoms with Crippen LogP contribution in [0.5, 0.6) is 0 Å². The Morgan fingerprint density at radius 3 is 2.53 bits per heavy atom. The summed E-state index contributed by atoms with van der Waals surface area (Å²) in [5.74, 6) is -0.280. The zero-order valence-corrected chi connectivity index (χ0v) is 20.0. The van der Waals surface area contributed by atoms with Crippen molar-refractivity contribution in [2.75, 3.05) is 39.4 Å². The van der Waals surface area contributed by atoms with Gasteiger partial charge in [0, 0.05) is 50.5 Å². The van der Waals surface area contributed by atoms with Gasteiger partial charge in [-0.3, -0.25) is 19.4 Å². The van der Waals surface area contributed by atoms with Crippen LogP contribution < -0.4 is 10.9 Å². The number of ether oxygens (including phenoxy) is 1. The predicted octanol–water partition coefficient (Wildman–Crippen LogP) is 2.70. The second-order valence-electron chi connectivity index (χ2n) is 10.0. The Hall–Kier alpha value is -2.48. The molecule has 3 aliphatic rings. The van der Waals surface area contributed by atoms with E-state index in [0.717, 1.165) is 64.3 Å². The largest absolute Gasteiger partial charge is 0.379 e. The van der Waals surface area contributed by atoms with Crippen LogP contribution in [-0.4, -0.2) is 65.6 Å². The van der Waals surface area contributed by atoms with Crippen molar-refractivity contribution >= 4 is 5.91 Å². The molecule has 2 aromatic rings. The third kappa shape index (κ3) is 5.11. The summed E-state index contributed by atoms with van der Waals surface area (Å²) in [5.41, 5.74) is 3.47. The van der Waals surface area contributed by atoms with E-state index in [4.69, 9.17) is 4.74 Å². The molecule has 1 aliphatic carbocycles. The van der Waals surface area contributed by atoms with E-state index < -0.39 is 0 Å². The van der Waals surface area contributed by atoms with Gasteiger partial charge in [-0.05, 0) is 42.5 Å². The lowest BCUT2D eigenvalue weighted by molar-refractivity contribution is -0.0361. The lowest BCUT2D eigenvalue weighted by Gasteiger charge is -2.48. The first kappa shape index (κ1) is 23.3. The molecule has 7 heteroatoms. The van der Waals surface area contributed by atoms with E-state index >= 15 is 0 Å². The van der Waals surface area contributed by atoms with Gasteiger partial charge in [0.05, 0.1) is 13.2 Å². The summed E-state index contributed by atoms with van der Waals surface area (Å²) >= 11 is 0. The van der Waals surface area contributed by atoms with Crippen LogP contribution in [0.3, 0.4) is 0 Å². The standard InChI is InChI=1S/C27H36N4O3/c32-25(28-20-27(11-4-1-5-12-27)31-14-16-34-17-15-31)24-9-8-23(29-26(24)33)19-30-13-10-21-6-2-3-7-22(21)18-30/h2-3,6-9H,1,4-5,10-20H2,(H,28,32)(H,29,33). The van der Waals surface area contributed by atoms with Gasteiger partial charge in [0.25, 0.3) is 11.5 Å². The van der Waals surface area contributed by atoms with E-state index in [2.05, 4.69) is 44.4 Å². The number of aromatic amines is 1. The van der Waals surface area contributed by atoms with E-state index in [1.807, 2.05) is 6.07 Å². The Morgan fingerprint density at radius 1 is 1.00 bits per heavy atom. The van der Waals surface area contributed by atoms with Crippen LogP contribution in [0.1, 0.15) is 59.3 Å². The van der Waals surface area contributed by atoms with Crippen LogP contribution in [0.2, 0.25) is 0 Å². The summed E-state index contributed by atoms with van der Waals surface area (Å²) in [4.78, 5) is 33.6. The van der Waals surface area contributed by atoms with Crippen LogP contribution in [0.4, 0.5) is 0 Å². The van der Waals surface area contributed by atoms with Gasteiger partial charge in [0.1, 0.15) is 5.56 Å². The van der Waals surface area contributed by atoms with Crippen molar-refractivity contribution in [1.82, 2.24) is 20.1 Å². The fourth-order valence-corrected chi connectivity index (χ4v) is 5.91. The molecular formula is C27H36N4O3. The van der Waals surface area contributed by atoms with Crippen LogP contribution in [0.25, 0.3) is 0 Å². The van der Waals surface area contributed by atoms with E-state index in [1.54, 1.807) is 6.07 Å². The van der Waals surface area contributed by atoms with E-state index in [1.165, 1.54) is 30.4 Å². The molecule has 34 heavy (non-hydrogen) atoms. The van der Waals surface area contributed by atoms with Gasteiger partial charge in [-0.25, -0.2) is 0 Å². The number of carbonyl (C=O) groups is 1. The number of amides is 1. The van der Waals surface area contributed by atoms with Crippen molar-refractivity contribution in [2.24, 2.45) is 0 Å². The summed E-state index contributed by atoms with van der Waals surface area (Å²) in [6, 6.07) is 12.1. The van der Waals surface area contributed by atoms with Crippen molar-refractivity contribution in [1.29, 1.82) is 0 Å². The topological polar surface area (TPSA) is 77.7 Å². The highest BCUT2D eigenvalue weighted by atomic mass is 16.5. The molecule has 5 rings (SSSR count). The molecule has 0 unspecified atom stereocenters. The fourth-order valence-electron chi connectivity index (χ4n) is 5.91. The van der Waals surface area contributed by atoms with Gasteiger partial charge in [-0.1, -0.05) is 43.5 Å². The molecule has 1 saturated carbocycles. The highest BCUT2D eigenvalue weighted by Crippen LogP contribution is 2.34. The Labute approximate surface area is 201 Å². The molecular weight excluding hydrogens is 428 g/mol. The highest BCUT2D eigenvalue weighted by Gasteiger charge is 2.39. The quantitative estimate of drug-likeness (QED) is 0.687. The van der Waals surface area contributed by atoms with Gasteiger partial charge in [0.2, 0.25) is 0 Å².